The van der Waals surface area contributed by atoms with E-state index in [1.807, 2.05) is 25.1 Å². The van der Waals surface area contributed by atoms with Crippen LogP contribution < -0.4 is 5.32 Å². The van der Waals surface area contributed by atoms with Crippen LogP contribution in [0.2, 0.25) is 0 Å². The first-order valence-corrected chi connectivity index (χ1v) is 6.48. The highest BCUT2D eigenvalue weighted by Gasteiger charge is 2.04. The van der Waals surface area contributed by atoms with Gasteiger partial charge in [0.25, 0.3) is 0 Å². The molecule has 2 aromatic rings. The molecule has 0 aliphatic carbocycles. The molecule has 2 nitrogen and oxygen atoms in total. The Morgan fingerprint density at radius 1 is 1.06 bits per heavy atom. The fourth-order valence-electron chi connectivity index (χ4n) is 2.01. The van der Waals surface area contributed by atoms with Crippen LogP contribution in [0.25, 0.3) is 0 Å². The minimum absolute atomic E-state index is 0.573. The zero-order valence-electron chi connectivity index (χ0n) is 11.1. The number of hydrogen-bond acceptors (Lipinski definition) is 2. The summed E-state index contributed by atoms with van der Waals surface area (Å²) in [6.07, 6.45) is 1.11. The highest BCUT2D eigenvalue weighted by atomic mass is 15.0. The first kappa shape index (κ1) is 12.6. The number of pyridine rings is 1. The minimum Gasteiger partial charge on any atom is -0.370 e. The smallest absolute Gasteiger partial charge is 0.126 e. The van der Waals surface area contributed by atoms with Crippen LogP contribution in [0.15, 0.2) is 48.5 Å². The van der Waals surface area contributed by atoms with Crippen molar-refractivity contribution in [3.63, 3.8) is 0 Å². The fourth-order valence-corrected chi connectivity index (χ4v) is 2.01. The summed E-state index contributed by atoms with van der Waals surface area (Å²) in [5.41, 5.74) is 2.45. The molecule has 1 aromatic heterocycles. The maximum atomic E-state index is 4.43. The average Bonchev–Trinajstić information content (AvgIpc) is 2.40. The quantitative estimate of drug-likeness (QED) is 0.854. The van der Waals surface area contributed by atoms with Gasteiger partial charge >= 0.3 is 0 Å². The number of nitrogens with one attached hydrogen (secondary N) is 1. The summed E-state index contributed by atoms with van der Waals surface area (Å²) in [5, 5.41) is 3.38. The van der Waals surface area contributed by atoms with Crippen LogP contribution in [0.5, 0.6) is 0 Å². The molecule has 94 valence electrons. The van der Waals surface area contributed by atoms with Gasteiger partial charge in [-0.25, -0.2) is 4.98 Å². The number of hydrogen-bond donors (Lipinski definition) is 1. The van der Waals surface area contributed by atoms with E-state index in [4.69, 9.17) is 0 Å². The largest absolute Gasteiger partial charge is 0.370 e. The predicted molar refractivity (Wildman–Crippen MR) is 76.9 cm³/mol. The van der Waals surface area contributed by atoms with Gasteiger partial charge in [-0.15, -0.1) is 0 Å². The van der Waals surface area contributed by atoms with Crippen LogP contribution in [0.1, 0.15) is 30.5 Å². The first-order valence-electron chi connectivity index (χ1n) is 6.48. The van der Waals surface area contributed by atoms with Crippen LogP contribution in [-0.2, 0) is 0 Å². The number of aryl methyl sites for hydroxylation is 1. The molecule has 2 heteroatoms. The Morgan fingerprint density at radius 2 is 1.83 bits per heavy atom. The summed E-state index contributed by atoms with van der Waals surface area (Å²) >= 11 is 0. The van der Waals surface area contributed by atoms with Gasteiger partial charge in [-0.2, -0.15) is 0 Å². The van der Waals surface area contributed by atoms with Gasteiger partial charge in [-0.05, 0) is 37.0 Å². The monoisotopic (exact) mass is 240 g/mol. The van der Waals surface area contributed by atoms with Crippen molar-refractivity contribution in [3.8, 4) is 0 Å². The maximum Gasteiger partial charge on any atom is 0.126 e. The van der Waals surface area contributed by atoms with Crippen molar-refractivity contribution < 1.29 is 0 Å². The van der Waals surface area contributed by atoms with Crippen LogP contribution in [0.3, 0.4) is 0 Å². The Morgan fingerprint density at radius 3 is 2.56 bits per heavy atom. The molecule has 1 N–H and O–H groups in total. The maximum absolute atomic E-state index is 4.43. The van der Waals surface area contributed by atoms with E-state index >= 15 is 0 Å². The van der Waals surface area contributed by atoms with E-state index < -0.39 is 0 Å². The van der Waals surface area contributed by atoms with E-state index in [0.29, 0.717) is 5.92 Å². The third-order valence-electron chi connectivity index (χ3n) is 3.14. The Balaban J connectivity index is 1.82. The van der Waals surface area contributed by atoms with Gasteiger partial charge in [-0.3, -0.25) is 0 Å². The molecule has 0 aliphatic heterocycles. The number of nitrogens with zero attached hydrogens (tertiary/aromatic N) is 1. The van der Waals surface area contributed by atoms with Crippen molar-refractivity contribution in [2.75, 3.05) is 11.9 Å². The molecule has 1 heterocycles. The molecule has 18 heavy (non-hydrogen) atoms. The summed E-state index contributed by atoms with van der Waals surface area (Å²) in [6.45, 7) is 5.23. The molecule has 0 aliphatic rings. The van der Waals surface area contributed by atoms with E-state index in [0.717, 1.165) is 24.5 Å². The van der Waals surface area contributed by atoms with Crippen LogP contribution >= 0.6 is 0 Å². The highest BCUT2D eigenvalue weighted by molar-refractivity contribution is 5.35. The lowest BCUT2D eigenvalue weighted by molar-refractivity contribution is 0.704. The Labute approximate surface area is 109 Å². The van der Waals surface area contributed by atoms with Crippen LogP contribution in [-0.4, -0.2) is 11.5 Å². The van der Waals surface area contributed by atoms with Gasteiger partial charge in [0.05, 0.1) is 0 Å². The molecule has 2 rings (SSSR count). The topological polar surface area (TPSA) is 24.9 Å². The first-order chi connectivity index (χ1) is 8.75. The van der Waals surface area contributed by atoms with E-state index in [-0.39, 0.29) is 0 Å². The number of rotatable bonds is 5. The summed E-state index contributed by atoms with van der Waals surface area (Å²) in [6, 6.07) is 16.7. The second-order valence-electron chi connectivity index (χ2n) is 4.69. The molecule has 0 fully saturated rings. The summed E-state index contributed by atoms with van der Waals surface area (Å²) in [5.74, 6) is 1.54. The van der Waals surface area contributed by atoms with Crippen molar-refractivity contribution in [1.82, 2.24) is 4.98 Å². The lowest BCUT2D eigenvalue weighted by Crippen LogP contribution is -2.07. The van der Waals surface area contributed by atoms with E-state index in [1.54, 1.807) is 0 Å². The van der Waals surface area contributed by atoms with Gasteiger partial charge in [0.15, 0.2) is 0 Å². The Bertz CT molecular complexity index is 479. The van der Waals surface area contributed by atoms with Gasteiger partial charge in [0.2, 0.25) is 0 Å². The Kier molecular flexibility index (Phi) is 4.35. The third-order valence-corrected chi connectivity index (χ3v) is 3.14. The molecular formula is C16H20N2. The van der Waals surface area contributed by atoms with Crippen molar-refractivity contribution in [2.24, 2.45) is 0 Å². The SMILES string of the molecule is Cc1cccc(NCCC(C)c2ccccc2)n1. The summed E-state index contributed by atoms with van der Waals surface area (Å²) in [4.78, 5) is 4.43. The molecule has 0 radical (unpaired) electrons. The van der Waals surface area contributed by atoms with Gasteiger partial charge in [-0.1, -0.05) is 43.3 Å². The van der Waals surface area contributed by atoms with Gasteiger partial charge in [0.1, 0.15) is 5.82 Å². The minimum atomic E-state index is 0.573. The fraction of sp³-hybridized carbons (Fsp3) is 0.312. The number of anilines is 1. The standard InChI is InChI=1S/C16H20N2/c1-13(15-8-4-3-5-9-15)11-12-17-16-10-6-7-14(2)18-16/h3-10,13H,11-12H2,1-2H3,(H,17,18). The Hall–Kier alpha value is -1.83. The molecule has 0 saturated heterocycles. The highest BCUT2D eigenvalue weighted by Crippen LogP contribution is 2.18. The molecule has 1 unspecified atom stereocenters. The average molecular weight is 240 g/mol. The van der Waals surface area contributed by atoms with E-state index in [9.17, 15) is 0 Å². The third kappa shape index (κ3) is 3.59. The number of aromatic nitrogens is 1. The summed E-state index contributed by atoms with van der Waals surface area (Å²) in [7, 11) is 0. The zero-order chi connectivity index (χ0) is 12.8. The molecule has 1 atom stereocenters. The van der Waals surface area contributed by atoms with Crippen LogP contribution in [0, 0.1) is 6.92 Å². The molecular weight excluding hydrogens is 220 g/mol. The van der Waals surface area contributed by atoms with E-state index in [2.05, 4.69) is 47.6 Å². The molecule has 0 spiro atoms. The van der Waals surface area contributed by atoms with Gasteiger partial charge in [0, 0.05) is 12.2 Å². The molecule has 0 saturated carbocycles. The van der Waals surface area contributed by atoms with Crippen molar-refractivity contribution in [3.05, 3.63) is 59.8 Å². The molecule has 1 aromatic carbocycles. The molecule has 0 amide bonds. The second-order valence-corrected chi connectivity index (χ2v) is 4.69. The number of benzene rings is 1. The normalized spacial score (nSPS) is 12.1. The van der Waals surface area contributed by atoms with Crippen molar-refractivity contribution in [2.45, 2.75) is 26.2 Å². The lowest BCUT2D eigenvalue weighted by Gasteiger charge is -2.12. The molecule has 0 bridgehead atoms. The van der Waals surface area contributed by atoms with Crippen molar-refractivity contribution >= 4 is 5.82 Å². The van der Waals surface area contributed by atoms with Crippen LogP contribution in [0.4, 0.5) is 5.82 Å². The van der Waals surface area contributed by atoms with Crippen molar-refractivity contribution in [1.29, 1.82) is 0 Å². The predicted octanol–water partition coefficient (Wildman–Crippen LogP) is 4.00. The second kappa shape index (κ2) is 6.20. The zero-order valence-corrected chi connectivity index (χ0v) is 11.1. The van der Waals surface area contributed by atoms with Gasteiger partial charge < -0.3 is 5.32 Å². The van der Waals surface area contributed by atoms with E-state index in [1.165, 1.54) is 5.56 Å². The summed E-state index contributed by atoms with van der Waals surface area (Å²) < 4.78 is 0. The lowest BCUT2D eigenvalue weighted by atomic mass is 9.98.